The first-order valence-corrected chi connectivity index (χ1v) is 8.32. The van der Waals surface area contributed by atoms with Gasteiger partial charge in [-0.1, -0.05) is 6.07 Å². The van der Waals surface area contributed by atoms with E-state index in [2.05, 4.69) is 20.9 Å². The summed E-state index contributed by atoms with van der Waals surface area (Å²) >= 11 is 1.20. The maximum absolute atomic E-state index is 12.3. The minimum atomic E-state index is -3.04. The van der Waals surface area contributed by atoms with Crippen molar-refractivity contribution in [3.8, 4) is 11.5 Å². The molecule has 0 atom stereocenters. The Hall–Kier alpha value is -3.21. The molecular formula is C16H15F2N3O5S. The number of ether oxygens (including phenoxy) is 2. The monoisotopic (exact) mass is 399 g/mol. The molecule has 0 unspecified atom stereocenters. The molecule has 0 fully saturated rings. The van der Waals surface area contributed by atoms with Crippen LogP contribution in [0.25, 0.3) is 0 Å². The second-order valence-corrected chi connectivity index (χ2v) is 5.85. The zero-order valence-corrected chi connectivity index (χ0v) is 14.8. The van der Waals surface area contributed by atoms with E-state index in [1.807, 2.05) is 0 Å². The van der Waals surface area contributed by atoms with E-state index >= 15 is 0 Å². The topological polar surface area (TPSA) is 106 Å². The van der Waals surface area contributed by atoms with Gasteiger partial charge in [0.05, 0.1) is 18.5 Å². The normalized spacial score (nSPS) is 10.2. The molecule has 0 spiro atoms. The predicted molar refractivity (Wildman–Crippen MR) is 91.9 cm³/mol. The Balaban J connectivity index is 1.85. The van der Waals surface area contributed by atoms with E-state index in [0.717, 1.165) is 6.07 Å². The second kappa shape index (κ2) is 9.48. The third kappa shape index (κ3) is 5.92. The zero-order chi connectivity index (χ0) is 19.8. The molecule has 1 aromatic carbocycles. The van der Waals surface area contributed by atoms with Gasteiger partial charge in [0.15, 0.2) is 11.5 Å². The lowest BCUT2D eigenvalue weighted by Gasteiger charge is -2.11. The van der Waals surface area contributed by atoms with Crippen LogP contribution in [0.4, 0.5) is 8.78 Å². The number of thiophene rings is 1. The summed E-state index contributed by atoms with van der Waals surface area (Å²) in [6, 6.07) is 6.87. The molecule has 3 amide bonds. The van der Waals surface area contributed by atoms with Crippen LogP contribution in [0, 0.1) is 0 Å². The Labute approximate surface area is 156 Å². The highest BCUT2D eigenvalue weighted by molar-refractivity contribution is 7.12. The highest BCUT2D eigenvalue weighted by Gasteiger charge is 2.15. The fraction of sp³-hybridized carbons (Fsp3) is 0.188. The first kappa shape index (κ1) is 20.1. The SMILES string of the molecule is COc1cc(C(=O)NCC(=O)NNC(=O)c2cccs2)ccc1OC(F)F. The van der Waals surface area contributed by atoms with Crippen LogP contribution in [0.15, 0.2) is 35.7 Å². The molecule has 0 saturated carbocycles. The van der Waals surface area contributed by atoms with E-state index < -0.39 is 30.9 Å². The van der Waals surface area contributed by atoms with Crippen LogP contribution in [0.3, 0.4) is 0 Å². The van der Waals surface area contributed by atoms with E-state index in [4.69, 9.17) is 4.74 Å². The van der Waals surface area contributed by atoms with Crippen molar-refractivity contribution >= 4 is 29.1 Å². The van der Waals surface area contributed by atoms with Crippen molar-refractivity contribution in [1.29, 1.82) is 0 Å². The van der Waals surface area contributed by atoms with Gasteiger partial charge >= 0.3 is 6.61 Å². The van der Waals surface area contributed by atoms with Gasteiger partial charge in [0.25, 0.3) is 17.7 Å². The van der Waals surface area contributed by atoms with E-state index in [1.54, 1.807) is 17.5 Å². The zero-order valence-electron chi connectivity index (χ0n) is 14.0. The maximum atomic E-state index is 12.3. The second-order valence-electron chi connectivity index (χ2n) is 4.91. The smallest absolute Gasteiger partial charge is 0.387 e. The molecule has 144 valence electrons. The minimum absolute atomic E-state index is 0.0596. The number of carbonyl (C=O) groups excluding carboxylic acids is 3. The number of amides is 3. The molecule has 2 rings (SSSR count). The number of hydrogen-bond acceptors (Lipinski definition) is 6. The van der Waals surface area contributed by atoms with Crippen molar-refractivity contribution in [2.24, 2.45) is 0 Å². The fourth-order valence-electron chi connectivity index (χ4n) is 1.90. The van der Waals surface area contributed by atoms with Crippen LogP contribution in [-0.2, 0) is 4.79 Å². The first-order chi connectivity index (χ1) is 12.9. The van der Waals surface area contributed by atoms with Crippen molar-refractivity contribution in [3.63, 3.8) is 0 Å². The van der Waals surface area contributed by atoms with E-state index in [1.165, 1.54) is 30.6 Å². The summed E-state index contributed by atoms with van der Waals surface area (Å²) < 4.78 is 33.7. The van der Waals surface area contributed by atoms with E-state index in [9.17, 15) is 23.2 Å². The van der Waals surface area contributed by atoms with Gasteiger partial charge in [0.1, 0.15) is 0 Å². The van der Waals surface area contributed by atoms with Crippen LogP contribution >= 0.6 is 11.3 Å². The molecule has 0 aliphatic heterocycles. The van der Waals surface area contributed by atoms with Crippen LogP contribution < -0.4 is 25.6 Å². The quantitative estimate of drug-likeness (QED) is 0.613. The molecule has 0 radical (unpaired) electrons. The van der Waals surface area contributed by atoms with Gasteiger partial charge in [-0.05, 0) is 29.6 Å². The molecular weight excluding hydrogens is 384 g/mol. The molecule has 1 aromatic heterocycles. The third-order valence-electron chi connectivity index (χ3n) is 3.11. The number of rotatable bonds is 7. The van der Waals surface area contributed by atoms with Crippen molar-refractivity contribution in [1.82, 2.24) is 16.2 Å². The van der Waals surface area contributed by atoms with Crippen LogP contribution in [-0.4, -0.2) is 38.0 Å². The number of alkyl halides is 2. The molecule has 11 heteroatoms. The molecule has 8 nitrogen and oxygen atoms in total. The Kier molecular flexibility index (Phi) is 7.06. The summed E-state index contributed by atoms with van der Waals surface area (Å²) in [6.45, 7) is -3.45. The third-order valence-corrected chi connectivity index (χ3v) is 3.98. The van der Waals surface area contributed by atoms with Gasteiger partial charge in [0.2, 0.25) is 0 Å². The molecule has 1 heterocycles. The summed E-state index contributed by atoms with van der Waals surface area (Å²) in [5, 5.41) is 4.04. The Morgan fingerprint density at radius 1 is 1.11 bits per heavy atom. The van der Waals surface area contributed by atoms with Crippen molar-refractivity contribution in [2.75, 3.05) is 13.7 Å². The summed E-state index contributed by atoms with van der Waals surface area (Å²) in [5.74, 6) is -2.06. The van der Waals surface area contributed by atoms with Gasteiger partial charge in [-0.2, -0.15) is 8.78 Å². The van der Waals surface area contributed by atoms with Crippen LogP contribution in [0.5, 0.6) is 11.5 Å². The lowest BCUT2D eigenvalue weighted by molar-refractivity contribution is -0.120. The van der Waals surface area contributed by atoms with Gasteiger partial charge in [-0.25, -0.2) is 0 Å². The van der Waals surface area contributed by atoms with Gasteiger partial charge < -0.3 is 14.8 Å². The molecule has 0 saturated heterocycles. The molecule has 0 bridgehead atoms. The van der Waals surface area contributed by atoms with Crippen molar-refractivity contribution in [3.05, 3.63) is 46.2 Å². The van der Waals surface area contributed by atoms with Crippen LogP contribution in [0.2, 0.25) is 0 Å². The first-order valence-electron chi connectivity index (χ1n) is 7.44. The summed E-state index contributed by atoms with van der Waals surface area (Å²) in [5.41, 5.74) is 4.43. The van der Waals surface area contributed by atoms with Crippen LogP contribution in [0.1, 0.15) is 20.0 Å². The Morgan fingerprint density at radius 2 is 1.89 bits per heavy atom. The predicted octanol–water partition coefficient (Wildman–Crippen LogP) is 1.55. The lowest BCUT2D eigenvalue weighted by atomic mass is 10.2. The van der Waals surface area contributed by atoms with Gasteiger partial charge in [-0.3, -0.25) is 25.2 Å². The number of carbonyl (C=O) groups is 3. The van der Waals surface area contributed by atoms with Gasteiger partial charge in [-0.15, -0.1) is 11.3 Å². The summed E-state index contributed by atoms with van der Waals surface area (Å²) in [4.78, 5) is 35.8. The standard InChI is InChI=1S/C16H15F2N3O5S/c1-25-11-7-9(4-5-10(11)26-16(17)18)14(23)19-8-13(22)20-21-15(24)12-3-2-6-27-12/h2-7,16H,8H2,1H3,(H,19,23)(H,20,22)(H,21,24). The minimum Gasteiger partial charge on any atom is -0.493 e. The molecule has 0 aliphatic rings. The maximum Gasteiger partial charge on any atom is 0.387 e. The van der Waals surface area contributed by atoms with Crippen molar-refractivity contribution < 1.29 is 32.6 Å². The highest BCUT2D eigenvalue weighted by atomic mass is 32.1. The van der Waals surface area contributed by atoms with Gasteiger partial charge in [0, 0.05) is 5.56 Å². The van der Waals surface area contributed by atoms with Crippen molar-refractivity contribution in [2.45, 2.75) is 6.61 Å². The summed E-state index contributed by atoms with van der Waals surface area (Å²) in [7, 11) is 1.24. The average Bonchev–Trinajstić information content (AvgIpc) is 3.18. The van der Waals surface area contributed by atoms with E-state index in [0.29, 0.717) is 4.88 Å². The lowest BCUT2D eigenvalue weighted by Crippen LogP contribution is -2.46. The molecule has 0 aliphatic carbocycles. The number of nitrogens with one attached hydrogen (secondary N) is 3. The molecule has 27 heavy (non-hydrogen) atoms. The highest BCUT2D eigenvalue weighted by Crippen LogP contribution is 2.29. The number of halogens is 2. The van der Waals surface area contributed by atoms with E-state index in [-0.39, 0.29) is 17.1 Å². The fourth-order valence-corrected chi connectivity index (χ4v) is 2.52. The number of methoxy groups -OCH3 is 1. The Bertz CT molecular complexity index is 814. The molecule has 2 aromatic rings. The molecule has 3 N–H and O–H groups in total. The Morgan fingerprint density at radius 3 is 2.52 bits per heavy atom. The number of hydrazine groups is 1. The summed E-state index contributed by atoms with van der Waals surface area (Å²) in [6.07, 6.45) is 0. The largest absolute Gasteiger partial charge is 0.493 e. The number of benzene rings is 1. The average molecular weight is 399 g/mol. The number of hydrogen-bond donors (Lipinski definition) is 3.